The Kier molecular flexibility index (Phi) is 4.60. The summed E-state index contributed by atoms with van der Waals surface area (Å²) in [5.74, 6) is 0.132. The molecule has 116 valence electrons. The third-order valence-corrected chi connectivity index (χ3v) is 5.25. The van der Waals surface area contributed by atoms with Gasteiger partial charge in [-0.25, -0.2) is 0 Å². The monoisotopic (exact) mass is 315 g/mol. The molecule has 1 aliphatic rings. The fourth-order valence-electron chi connectivity index (χ4n) is 3.16. The molecule has 0 saturated heterocycles. The number of carbonyl (C=O) groups excluding carboxylic acids is 1. The predicted molar refractivity (Wildman–Crippen MR) is 89.2 cm³/mol. The van der Waals surface area contributed by atoms with Crippen molar-refractivity contribution in [1.29, 1.82) is 0 Å². The molecule has 1 aromatic heterocycles. The van der Waals surface area contributed by atoms with E-state index < -0.39 is 0 Å². The average molecular weight is 315 g/mol. The first-order valence-corrected chi connectivity index (χ1v) is 8.57. The van der Waals surface area contributed by atoms with Crippen LogP contribution >= 0.6 is 11.3 Å². The Bertz CT molecular complexity index is 647. The second-order valence-electron chi connectivity index (χ2n) is 5.60. The average Bonchev–Trinajstić information content (AvgIpc) is 3.03. The topological polar surface area (TPSA) is 29.5 Å². The van der Waals surface area contributed by atoms with Gasteiger partial charge in [0.15, 0.2) is 0 Å². The van der Waals surface area contributed by atoms with Crippen LogP contribution in [0.4, 0.5) is 0 Å². The van der Waals surface area contributed by atoms with Gasteiger partial charge >= 0.3 is 0 Å². The number of fused-ring (bicyclic) bond motifs is 1. The van der Waals surface area contributed by atoms with E-state index >= 15 is 0 Å². The number of thiophene rings is 1. The van der Waals surface area contributed by atoms with E-state index in [1.165, 1.54) is 10.4 Å². The van der Waals surface area contributed by atoms with E-state index in [-0.39, 0.29) is 11.9 Å². The van der Waals surface area contributed by atoms with Crippen LogP contribution in [0.15, 0.2) is 35.7 Å². The van der Waals surface area contributed by atoms with Crippen molar-refractivity contribution in [2.75, 3.05) is 13.7 Å². The number of amides is 1. The Balaban J connectivity index is 1.82. The maximum absolute atomic E-state index is 12.9. The van der Waals surface area contributed by atoms with Crippen molar-refractivity contribution in [3.05, 3.63) is 57.3 Å². The summed E-state index contributed by atoms with van der Waals surface area (Å²) >= 11 is 1.81. The zero-order valence-electron chi connectivity index (χ0n) is 13.0. The van der Waals surface area contributed by atoms with Gasteiger partial charge in [-0.2, -0.15) is 0 Å². The quantitative estimate of drug-likeness (QED) is 0.852. The van der Waals surface area contributed by atoms with Crippen LogP contribution in [0.5, 0.6) is 0 Å². The van der Waals surface area contributed by atoms with Gasteiger partial charge in [-0.1, -0.05) is 19.1 Å². The summed E-state index contributed by atoms with van der Waals surface area (Å²) in [5.41, 5.74) is 3.19. The largest absolute Gasteiger partial charge is 0.380 e. The molecule has 1 aromatic carbocycles. The Morgan fingerprint density at radius 3 is 2.77 bits per heavy atom. The number of benzene rings is 1. The van der Waals surface area contributed by atoms with E-state index in [0.717, 1.165) is 30.5 Å². The molecule has 1 aliphatic heterocycles. The first-order chi connectivity index (χ1) is 10.7. The van der Waals surface area contributed by atoms with Gasteiger partial charge in [0.25, 0.3) is 5.91 Å². The summed E-state index contributed by atoms with van der Waals surface area (Å²) in [5, 5.41) is 2.14. The highest BCUT2D eigenvalue weighted by molar-refractivity contribution is 7.10. The normalized spacial score (nSPS) is 17.4. The molecule has 1 atom stereocenters. The zero-order valence-corrected chi connectivity index (χ0v) is 13.9. The maximum atomic E-state index is 12.9. The molecule has 3 rings (SSSR count). The van der Waals surface area contributed by atoms with Gasteiger partial charge in [-0.3, -0.25) is 4.79 Å². The molecular weight excluding hydrogens is 294 g/mol. The van der Waals surface area contributed by atoms with E-state index in [2.05, 4.69) is 18.4 Å². The van der Waals surface area contributed by atoms with Crippen molar-refractivity contribution in [2.24, 2.45) is 0 Å². The highest BCUT2D eigenvalue weighted by Crippen LogP contribution is 2.35. The minimum absolute atomic E-state index is 0.132. The second-order valence-corrected chi connectivity index (χ2v) is 6.60. The predicted octanol–water partition coefficient (Wildman–Crippen LogP) is 4.04. The lowest BCUT2D eigenvalue weighted by atomic mass is 9.96. The molecular formula is C18H21NO2S. The molecule has 0 fully saturated rings. The Morgan fingerprint density at radius 2 is 2.09 bits per heavy atom. The van der Waals surface area contributed by atoms with Crippen LogP contribution in [-0.2, 0) is 17.8 Å². The zero-order chi connectivity index (χ0) is 15.5. The van der Waals surface area contributed by atoms with Crippen LogP contribution < -0.4 is 0 Å². The summed E-state index contributed by atoms with van der Waals surface area (Å²) in [6, 6.07) is 10.1. The molecule has 22 heavy (non-hydrogen) atoms. The number of carbonyl (C=O) groups is 1. The van der Waals surface area contributed by atoms with E-state index in [1.807, 2.05) is 40.5 Å². The summed E-state index contributed by atoms with van der Waals surface area (Å²) in [4.78, 5) is 16.3. The fraction of sp³-hybridized carbons (Fsp3) is 0.389. The van der Waals surface area contributed by atoms with Crippen LogP contribution in [0.2, 0.25) is 0 Å². The van der Waals surface area contributed by atoms with Crippen LogP contribution in [0.3, 0.4) is 0 Å². The summed E-state index contributed by atoms with van der Waals surface area (Å²) in [6.07, 6.45) is 1.92. The highest BCUT2D eigenvalue weighted by Gasteiger charge is 2.30. The van der Waals surface area contributed by atoms with Crippen LogP contribution in [0.25, 0.3) is 0 Å². The van der Waals surface area contributed by atoms with Gasteiger partial charge < -0.3 is 9.64 Å². The molecule has 0 spiro atoms. The van der Waals surface area contributed by atoms with Crippen LogP contribution in [0, 0.1) is 0 Å². The van der Waals surface area contributed by atoms with Crippen molar-refractivity contribution in [3.63, 3.8) is 0 Å². The standard InChI is InChI=1S/C18H21NO2S/c1-3-16-15-9-11-22-17(15)8-10-19(16)18(20)14-6-4-13(5-7-14)12-21-2/h4-7,9,11,16H,3,8,10,12H2,1-2H3. The third kappa shape index (κ3) is 2.81. The Hall–Kier alpha value is -1.65. The molecule has 1 amide bonds. The highest BCUT2D eigenvalue weighted by atomic mass is 32.1. The SMILES string of the molecule is CCC1c2ccsc2CCN1C(=O)c1ccc(COC)cc1. The van der Waals surface area contributed by atoms with Crippen molar-refractivity contribution >= 4 is 17.2 Å². The van der Waals surface area contributed by atoms with Crippen molar-refractivity contribution in [1.82, 2.24) is 4.90 Å². The first-order valence-electron chi connectivity index (χ1n) is 7.69. The molecule has 0 bridgehead atoms. The molecule has 0 aliphatic carbocycles. The van der Waals surface area contributed by atoms with Gasteiger partial charge in [0.2, 0.25) is 0 Å². The smallest absolute Gasteiger partial charge is 0.254 e. The van der Waals surface area contributed by atoms with E-state index in [1.54, 1.807) is 7.11 Å². The van der Waals surface area contributed by atoms with Gasteiger partial charge in [-0.05, 0) is 47.5 Å². The number of hydrogen-bond acceptors (Lipinski definition) is 3. The van der Waals surface area contributed by atoms with Gasteiger partial charge in [0, 0.05) is 24.1 Å². The molecule has 2 aromatic rings. The summed E-state index contributed by atoms with van der Waals surface area (Å²) in [7, 11) is 1.68. The number of methoxy groups -OCH3 is 1. The van der Waals surface area contributed by atoms with E-state index in [4.69, 9.17) is 4.74 Å². The van der Waals surface area contributed by atoms with Gasteiger partial charge in [0.1, 0.15) is 0 Å². The fourth-order valence-corrected chi connectivity index (χ4v) is 4.08. The lowest BCUT2D eigenvalue weighted by Gasteiger charge is -2.35. The number of ether oxygens (including phenoxy) is 1. The number of hydrogen-bond donors (Lipinski definition) is 0. The second kappa shape index (κ2) is 6.63. The van der Waals surface area contributed by atoms with Crippen molar-refractivity contribution in [2.45, 2.75) is 32.4 Å². The summed E-state index contributed by atoms with van der Waals surface area (Å²) in [6.45, 7) is 3.54. The van der Waals surface area contributed by atoms with Crippen LogP contribution in [-0.4, -0.2) is 24.5 Å². The molecule has 4 heteroatoms. The molecule has 2 heterocycles. The maximum Gasteiger partial charge on any atom is 0.254 e. The third-order valence-electron chi connectivity index (χ3n) is 4.25. The Morgan fingerprint density at radius 1 is 1.32 bits per heavy atom. The van der Waals surface area contributed by atoms with E-state index in [0.29, 0.717) is 6.61 Å². The Labute approximate surface area is 135 Å². The van der Waals surface area contributed by atoms with Crippen molar-refractivity contribution < 1.29 is 9.53 Å². The van der Waals surface area contributed by atoms with Gasteiger partial charge in [0.05, 0.1) is 12.6 Å². The molecule has 0 radical (unpaired) electrons. The first kappa shape index (κ1) is 15.3. The van der Waals surface area contributed by atoms with E-state index in [9.17, 15) is 4.79 Å². The number of rotatable bonds is 4. The summed E-state index contributed by atoms with van der Waals surface area (Å²) < 4.78 is 5.12. The molecule has 0 N–H and O–H groups in total. The van der Waals surface area contributed by atoms with Crippen molar-refractivity contribution in [3.8, 4) is 0 Å². The lowest BCUT2D eigenvalue weighted by molar-refractivity contribution is 0.0657. The van der Waals surface area contributed by atoms with Gasteiger partial charge in [-0.15, -0.1) is 11.3 Å². The number of nitrogens with zero attached hydrogens (tertiary/aromatic N) is 1. The molecule has 3 nitrogen and oxygen atoms in total. The lowest BCUT2D eigenvalue weighted by Crippen LogP contribution is -2.39. The minimum Gasteiger partial charge on any atom is -0.380 e. The van der Waals surface area contributed by atoms with Crippen LogP contribution in [0.1, 0.15) is 45.7 Å². The minimum atomic E-state index is 0.132. The molecule has 1 unspecified atom stereocenters. The molecule has 0 saturated carbocycles.